The third kappa shape index (κ3) is 3.66. The summed E-state index contributed by atoms with van der Waals surface area (Å²) in [5.41, 5.74) is -1.11. The van der Waals surface area contributed by atoms with Gasteiger partial charge in [0.25, 0.3) is 10.2 Å². The molecule has 0 radical (unpaired) electrons. The molecule has 0 amide bonds. The third-order valence-electron chi connectivity index (χ3n) is 3.33. The molecule has 1 saturated heterocycles. The summed E-state index contributed by atoms with van der Waals surface area (Å²) in [6.07, 6.45) is 2.74. The minimum Gasteiger partial charge on any atom is -0.481 e. The standard InChI is InChI=1S/C11H22N2O4S/c1-9-6-4-5-7-13(9)18(16,17)12-8-11(2,3)10(14)15/h9,12H,4-8H2,1-3H3,(H,14,15). The molecule has 106 valence electrons. The van der Waals surface area contributed by atoms with E-state index in [2.05, 4.69) is 4.72 Å². The zero-order valence-electron chi connectivity index (χ0n) is 11.1. The lowest BCUT2D eigenvalue weighted by atomic mass is 9.95. The lowest BCUT2D eigenvalue weighted by Crippen LogP contribution is -2.50. The first-order valence-corrected chi connectivity index (χ1v) is 7.60. The summed E-state index contributed by atoms with van der Waals surface area (Å²) in [6, 6.07) is -0.0239. The minimum absolute atomic E-state index is 0.0239. The number of nitrogens with one attached hydrogen (secondary N) is 1. The Kier molecular flexibility index (Phi) is 4.74. The Labute approximate surface area is 109 Å². The van der Waals surface area contributed by atoms with Gasteiger partial charge in [-0.05, 0) is 33.6 Å². The van der Waals surface area contributed by atoms with E-state index in [1.54, 1.807) is 0 Å². The van der Waals surface area contributed by atoms with Crippen LogP contribution < -0.4 is 4.72 Å². The molecule has 0 aromatic heterocycles. The highest BCUT2D eigenvalue weighted by Crippen LogP contribution is 2.20. The molecule has 1 heterocycles. The first-order valence-electron chi connectivity index (χ1n) is 6.16. The fourth-order valence-corrected chi connectivity index (χ4v) is 3.52. The van der Waals surface area contributed by atoms with Crippen LogP contribution in [0.1, 0.15) is 40.0 Å². The van der Waals surface area contributed by atoms with Crippen molar-refractivity contribution in [3.05, 3.63) is 0 Å². The number of piperidine rings is 1. The first kappa shape index (κ1) is 15.4. The first-order chi connectivity index (χ1) is 8.17. The zero-order valence-corrected chi connectivity index (χ0v) is 12.0. The van der Waals surface area contributed by atoms with Crippen molar-refractivity contribution in [1.82, 2.24) is 9.03 Å². The monoisotopic (exact) mass is 278 g/mol. The van der Waals surface area contributed by atoms with Crippen molar-refractivity contribution in [2.45, 2.75) is 46.1 Å². The molecular formula is C11H22N2O4S. The van der Waals surface area contributed by atoms with E-state index >= 15 is 0 Å². The molecule has 0 aromatic carbocycles. The quantitative estimate of drug-likeness (QED) is 0.779. The number of rotatable bonds is 5. The molecule has 1 aliphatic rings. The van der Waals surface area contributed by atoms with Crippen molar-refractivity contribution in [3.63, 3.8) is 0 Å². The summed E-state index contributed by atoms with van der Waals surface area (Å²) in [4.78, 5) is 10.9. The molecule has 1 atom stereocenters. The van der Waals surface area contributed by atoms with Crippen molar-refractivity contribution in [2.75, 3.05) is 13.1 Å². The van der Waals surface area contributed by atoms with Crippen LogP contribution in [-0.4, -0.2) is 42.9 Å². The molecule has 1 fully saturated rings. The van der Waals surface area contributed by atoms with Crippen molar-refractivity contribution in [3.8, 4) is 0 Å². The molecule has 0 spiro atoms. The maximum atomic E-state index is 12.1. The maximum Gasteiger partial charge on any atom is 0.310 e. The second-order valence-electron chi connectivity index (χ2n) is 5.47. The van der Waals surface area contributed by atoms with Gasteiger partial charge in [-0.2, -0.15) is 12.7 Å². The summed E-state index contributed by atoms with van der Waals surface area (Å²) >= 11 is 0. The van der Waals surface area contributed by atoms with Crippen LogP contribution in [-0.2, 0) is 15.0 Å². The number of carboxylic acids is 1. The van der Waals surface area contributed by atoms with E-state index in [4.69, 9.17) is 5.11 Å². The fraction of sp³-hybridized carbons (Fsp3) is 0.909. The van der Waals surface area contributed by atoms with Gasteiger partial charge in [0.15, 0.2) is 0 Å². The molecule has 0 aromatic rings. The fourth-order valence-electron chi connectivity index (χ4n) is 1.86. The Morgan fingerprint density at radius 3 is 2.56 bits per heavy atom. The predicted octanol–water partition coefficient (Wildman–Crippen LogP) is 0.806. The average molecular weight is 278 g/mol. The van der Waals surface area contributed by atoms with Gasteiger partial charge in [0.1, 0.15) is 0 Å². The Bertz CT molecular complexity index is 405. The highest BCUT2D eigenvalue weighted by atomic mass is 32.2. The van der Waals surface area contributed by atoms with Crippen molar-refractivity contribution in [2.24, 2.45) is 5.41 Å². The molecule has 6 nitrogen and oxygen atoms in total. The number of hydrogen-bond donors (Lipinski definition) is 2. The van der Waals surface area contributed by atoms with Gasteiger partial charge in [-0.15, -0.1) is 0 Å². The van der Waals surface area contributed by atoms with E-state index < -0.39 is 21.6 Å². The van der Waals surface area contributed by atoms with E-state index in [1.165, 1.54) is 18.2 Å². The van der Waals surface area contributed by atoms with E-state index in [-0.39, 0.29) is 12.6 Å². The van der Waals surface area contributed by atoms with Crippen molar-refractivity contribution in [1.29, 1.82) is 0 Å². The van der Waals surface area contributed by atoms with Crippen molar-refractivity contribution >= 4 is 16.2 Å². The lowest BCUT2D eigenvalue weighted by Gasteiger charge is -2.33. The summed E-state index contributed by atoms with van der Waals surface area (Å²) < 4.78 is 28.0. The third-order valence-corrected chi connectivity index (χ3v) is 5.00. The van der Waals surface area contributed by atoms with Crippen LogP contribution >= 0.6 is 0 Å². The Hall–Kier alpha value is -0.660. The van der Waals surface area contributed by atoms with E-state index in [9.17, 15) is 13.2 Å². The number of nitrogens with zero attached hydrogens (tertiary/aromatic N) is 1. The van der Waals surface area contributed by atoms with Crippen LogP contribution in [0.15, 0.2) is 0 Å². The molecular weight excluding hydrogens is 256 g/mol. The Balaban J connectivity index is 2.67. The van der Waals surface area contributed by atoms with E-state index in [0.29, 0.717) is 6.54 Å². The summed E-state index contributed by atoms with van der Waals surface area (Å²) in [7, 11) is -3.58. The van der Waals surface area contributed by atoms with Crippen LogP contribution in [0.4, 0.5) is 0 Å². The lowest BCUT2D eigenvalue weighted by molar-refractivity contribution is -0.146. The molecule has 18 heavy (non-hydrogen) atoms. The minimum atomic E-state index is -3.58. The molecule has 0 aliphatic carbocycles. The Morgan fingerprint density at radius 2 is 2.06 bits per heavy atom. The molecule has 0 bridgehead atoms. The van der Waals surface area contributed by atoms with Gasteiger partial charge in [-0.25, -0.2) is 4.72 Å². The maximum absolute atomic E-state index is 12.1. The van der Waals surface area contributed by atoms with Crippen LogP contribution in [0.2, 0.25) is 0 Å². The van der Waals surface area contributed by atoms with Gasteiger partial charge in [0, 0.05) is 19.1 Å². The molecule has 2 N–H and O–H groups in total. The second-order valence-corrected chi connectivity index (χ2v) is 7.18. The number of hydrogen-bond acceptors (Lipinski definition) is 3. The molecule has 1 rings (SSSR count). The molecule has 7 heteroatoms. The van der Waals surface area contributed by atoms with Gasteiger partial charge in [0.2, 0.25) is 0 Å². The van der Waals surface area contributed by atoms with Crippen LogP contribution in [0.25, 0.3) is 0 Å². The normalized spacial score (nSPS) is 22.9. The second kappa shape index (κ2) is 5.54. The van der Waals surface area contributed by atoms with Crippen LogP contribution in [0, 0.1) is 5.41 Å². The zero-order chi connectivity index (χ0) is 14.0. The Morgan fingerprint density at radius 1 is 1.44 bits per heavy atom. The predicted molar refractivity (Wildman–Crippen MR) is 68.4 cm³/mol. The average Bonchev–Trinajstić information content (AvgIpc) is 2.27. The van der Waals surface area contributed by atoms with Crippen LogP contribution in [0.5, 0.6) is 0 Å². The summed E-state index contributed by atoms with van der Waals surface area (Å²) in [6.45, 7) is 5.27. The topological polar surface area (TPSA) is 86.7 Å². The smallest absolute Gasteiger partial charge is 0.310 e. The summed E-state index contributed by atoms with van der Waals surface area (Å²) in [5.74, 6) is -1.02. The highest BCUT2D eigenvalue weighted by Gasteiger charge is 2.33. The van der Waals surface area contributed by atoms with Gasteiger partial charge in [0.05, 0.1) is 5.41 Å². The van der Waals surface area contributed by atoms with E-state index in [0.717, 1.165) is 19.3 Å². The van der Waals surface area contributed by atoms with Gasteiger partial charge in [-0.1, -0.05) is 6.42 Å². The van der Waals surface area contributed by atoms with Gasteiger partial charge in [-0.3, -0.25) is 4.79 Å². The summed E-state index contributed by atoms with van der Waals surface area (Å²) in [5, 5.41) is 8.95. The largest absolute Gasteiger partial charge is 0.481 e. The molecule has 1 aliphatic heterocycles. The molecule has 1 unspecified atom stereocenters. The number of carbonyl (C=O) groups is 1. The number of carboxylic acid groups (broad SMARTS) is 1. The van der Waals surface area contributed by atoms with Crippen molar-refractivity contribution < 1.29 is 18.3 Å². The van der Waals surface area contributed by atoms with Gasteiger partial charge >= 0.3 is 5.97 Å². The van der Waals surface area contributed by atoms with E-state index in [1.807, 2.05) is 6.92 Å². The van der Waals surface area contributed by atoms with Gasteiger partial charge < -0.3 is 5.11 Å². The SMILES string of the molecule is CC1CCCCN1S(=O)(=O)NCC(C)(C)C(=O)O. The molecule has 0 saturated carbocycles. The van der Waals surface area contributed by atoms with Crippen LogP contribution in [0.3, 0.4) is 0 Å². The highest BCUT2D eigenvalue weighted by molar-refractivity contribution is 7.87. The number of aliphatic carboxylic acids is 1.